The van der Waals surface area contributed by atoms with Crippen molar-refractivity contribution in [1.29, 1.82) is 0 Å². The molecule has 3 unspecified atom stereocenters. The molecule has 92 valence electrons. The Balaban J connectivity index is 1.49. The first kappa shape index (κ1) is 11.1. The van der Waals surface area contributed by atoms with Crippen molar-refractivity contribution < 1.29 is 0 Å². The number of nitrogens with one attached hydrogen (secondary N) is 1. The molecular formula is C15H27N. The van der Waals surface area contributed by atoms with Crippen LogP contribution in [0.15, 0.2) is 0 Å². The summed E-state index contributed by atoms with van der Waals surface area (Å²) in [5.41, 5.74) is 0. The average Bonchev–Trinajstić information content (AvgIpc) is 3.19. The van der Waals surface area contributed by atoms with Crippen molar-refractivity contribution in [2.75, 3.05) is 0 Å². The van der Waals surface area contributed by atoms with Gasteiger partial charge in [0.25, 0.3) is 0 Å². The number of hydrogen-bond donors (Lipinski definition) is 1. The first-order chi connectivity index (χ1) is 7.86. The summed E-state index contributed by atoms with van der Waals surface area (Å²) >= 11 is 0. The molecule has 0 aromatic heterocycles. The minimum absolute atomic E-state index is 0.850. The molecule has 3 rings (SSSR count). The molecule has 0 aliphatic heterocycles. The van der Waals surface area contributed by atoms with E-state index in [-0.39, 0.29) is 0 Å². The Morgan fingerprint density at radius 1 is 1.00 bits per heavy atom. The third-order valence-electron chi connectivity index (χ3n) is 5.08. The zero-order valence-electron chi connectivity index (χ0n) is 10.8. The molecule has 0 heterocycles. The largest absolute Gasteiger partial charge is 0.311 e. The molecule has 0 radical (unpaired) electrons. The van der Waals surface area contributed by atoms with Crippen LogP contribution in [-0.4, -0.2) is 12.1 Å². The number of hydrogen-bond acceptors (Lipinski definition) is 1. The van der Waals surface area contributed by atoms with Gasteiger partial charge in [0.1, 0.15) is 0 Å². The van der Waals surface area contributed by atoms with E-state index in [1.165, 1.54) is 57.8 Å². The second-order valence-electron chi connectivity index (χ2n) is 6.48. The summed E-state index contributed by atoms with van der Waals surface area (Å²) in [5.74, 6) is 3.25. The second-order valence-corrected chi connectivity index (χ2v) is 6.48. The highest BCUT2D eigenvalue weighted by molar-refractivity contribution is 4.92. The zero-order chi connectivity index (χ0) is 11.0. The van der Waals surface area contributed by atoms with E-state index in [2.05, 4.69) is 12.2 Å². The Labute approximate surface area is 100 Å². The summed E-state index contributed by atoms with van der Waals surface area (Å²) in [6.45, 7) is 2.36. The average molecular weight is 221 g/mol. The predicted molar refractivity (Wildman–Crippen MR) is 68.4 cm³/mol. The van der Waals surface area contributed by atoms with Crippen LogP contribution in [0.4, 0.5) is 0 Å². The molecule has 0 saturated heterocycles. The van der Waals surface area contributed by atoms with Gasteiger partial charge in [0.15, 0.2) is 0 Å². The van der Waals surface area contributed by atoms with Gasteiger partial charge >= 0.3 is 0 Å². The Kier molecular flexibility index (Phi) is 3.24. The van der Waals surface area contributed by atoms with E-state index in [1.807, 2.05) is 0 Å². The molecule has 3 aliphatic rings. The summed E-state index contributed by atoms with van der Waals surface area (Å²) in [7, 11) is 0. The monoisotopic (exact) mass is 221 g/mol. The van der Waals surface area contributed by atoms with Crippen LogP contribution >= 0.6 is 0 Å². The van der Waals surface area contributed by atoms with Gasteiger partial charge in [0.2, 0.25) is 0 Å². The van der Waals surface area contributed by atoms with Gasteiger partial charge in [-0.1, -0.05) is 19.8 Å². The van der Waals surface area contributed by atoms with E-state index in [0.717, 1.165) is 29.8 Å². The molecule has 0 aromatic carbocycles. The molecule has 1 nitrogen and oxygen atoms in total. The quantitative estimate of drug-likeness (QED) is 0.746. The van der Waals surface area contributed by atoms with Crippen LogP contribution in [0.3, 0.4) is 0 Å². The van der Waals surface area contributed by atoms with E-state index in [9.17, 15) is 0 Å². The molecule has 1 N–H and O–H groups in total. The maximum absolute atomic E-state index is 3.98. The highest BCUT2D eigenvalue weighted by Crippen LogP contribution is 2.44. The molecule has 0 aromatic rings. The molecule has 16 heavy (non-hydrogen) atoms. The Hall–Kier alpha value is -0.0400. The summed E-state index contributed by atoms with van der Waals surface area (Å²) in [6.07, 6.45) is 13.4. The van der Waals surface area contributed by atoms with Crippen LogP contribution in [0.1, 0.15) is 64.7 Å². The van der Waals surface area contributed by atoms with Crippen molar-refractivity contribution in [2.45, 2.75) is 76.8 Å². The van der Waals surface area contributed by atoms with Gasteiger partial charge in [-0.25, -0.2) is 0 Å². The van der Waals surface area contributed by atoms with Gasteiger partial charge in [-0.15, -0.1) is 0 Å². The van der Waals surface area contributed by atoms with Gasteiger partial charge in [-0.3, -0.25) is 0 Å². The summed E-state index contributed by atoms with van der Waals surface area (Å²) in [5, 5.41) is 3.98. The first-order valence-electron chi connectivity index (χ1n) is 7.63. The summed E-state index contributed by atoms with van der Waals surface area (Å²) in [4.78, 5) is 0. The first-order valence-corrected chi connectivity index (χ1v) is 7.63. The summed E-state index contributed by atoms with van der Waals surface area (Å²) < 4.78 is 0. The normalized spacial score (nSPS) is 37.3. The van der Waals surface area contributed by atoms with Crippen LogP contribution in [0.2, 0.25) is 0 Å². The van der Waals surface area contributed by atoms with Crippen LogP contribution in [0.25, 0.3) is 0 Å². The standard InChI is InChI=1S/C15H27N/c1-2-15(12-8-9-12)16-14-5-3-4-13(10-14)11-6-7-11/h11-16H,2-10H2,1H3. The third-order valence-corrected chi connectivity index (χ3v) is 5.08. The Morgan fingerprint density at radius 3 is 2.44 bits per heavy atom. The molecule has 0 bridgehead atoms. The van der Waals surface area contributed by atoms with Crippen LogP contribution < -0.4 is 5.32 Å². The maximum atomic E-state index is 3.98. The predicted octanol–water partition coefficient (Wildman–Crippen LogP) is 3.73. The van der Waals surface area contributed by atoms with Crippen molar-refractivity contribution in [3.63, 3.8) is 0 Å². The Bertz CT molecular complexity index is 230. The molecule has 3 aliphatic carbocycles. The highest BCUT2D eigenvalue weighted by Gasteiger charge is 2.36. The minimum Gasteiger partial charge on any atom is -0.311 e. The molecule has 3 atom stereocenters. The lowest BCUT2D eigenvalue weighted by molar-refractivity contribution is 0.237. The van der Waals surface area contributed by atoms with Crippen molar-refractivity contribution in [3.05, 3.63) is 0 Å². The summed E-state index contributed by atoms with van der Waals surface area (Å²) in [6, 6.07) is 1.72. The third kappa shape index (κ3) is 2.61. The van der Waals surface area contributed by atoms with Crippen LogP contribution in [0.5, 0.6) is 0 Å². The lowest BCUT2D eigenvalue weighted by atomic mass is 9.82. The van der Waals surface area contributed by atoms with Gasteiger partial charge < -0.3 is 5.32 Å². The fourth-order valence-corrected chi connectivity index (χ4v) is 3.76. The van der Waals surface area contributed by atoms with E-state index in [4.69, 9.17) is 0 Å². The van der Waals surface area contributed by atoms with E-state index < -0.39 is 0 Å². The molecule has 0 amide bonds. The second kappa shape index (κ2) is 4.68. The lowest BCUT2D eigenvalue weighted by Gasteiger charge is -2.33. The van der Waals surface area contributed by atoms with Gasteiger partial charge in [0.05, 0.1) is 0 Å². The molecular weight excluding hydrogens is 194 g/mol. The Morgan fingerprint density at radius 2 is 1.81 bits per heavy atom. The zero-order valence-corrected chi connectivity index (χ0v) is 10.8. The topological polar surface area (TPSA) is 12.0 Å². The lowest BCUT2D eigenvalue weighted by Crippen LogP contribution is -2.42. The smallest absolute Gasteiger partial charge is 0.00952 e. The van der Waals surface area contributed by atoms with E-state index >= 15 is 0 Å². The van der Waals surface area contributed by atoms with Crippen LogP contribution in [0, 0.1) is 17.8 Å². The molecule has 1 heteroatoms. The molecule has 3 saturated carbocycles. The van der Waals surface area contributed by atoms with Crippen molar-refractivity contribution >= 4 is 0 Å². The van der Waals surface area contributed by atoms with E-state index in [0.29, 0.717) is 0 Å². The fraction of sp³-hybridized carbons (Fsp3) is 1.00. The number of rotatable bonds is 5. The van der Waals surface area contributed by atoms with Crippen LogP contribution in [-0.2, 0) is 0 Å². The molecule has 3 fully saturated rings. The van der Waals surface area contributed by atoms with Gasteiger partial charge in [0, 0.05) is 12.1 Å². The van der Waals surface area contributed by atoms with Crippen molar-refractivity contribution in [3.8, 4) is 0 Å². The van der Waals surface area contributed by atoms with Crippen molar-refractivity contribution in [1.82, 2.24) is 5.32 Å². The molecule has 0 spiro atoms. The minimum atomic E-state index is 0.850. The highest BCUT2D eigenvalue weighted by atomic mass is 15.0. The van der Waals surface area contributed by atoms with E-state index in [1.54, 1.807) is 0 Å². The van der Waals surface area contributed by atoms with Crippen molar-refractivity contribution in [2.24, 2.45) is 17.8 Å². The SMILES string of the molecule is CCC(NC1CCCC(C2CC2)C1)C1CC1. The fourth-order valence-electron chi connectivity index (χ4n) is 3.76. The van der Waals surface area contributed by atoms with Gasteiger partial charge in [-0.2, -0.15) is 0 Å². The maximum Gasteiger partial charge on any atom is 0.00952 e. The van der Waals surface area contributed by atoms with Gasteiger partial charge in [-0.05, 0) is 62.7 Å².